The van der Waals surface area contributed by atoms with Gasteiger partial charge in [0.05, 0.1) is 6.61 Å². The molecule has 1 rings (SSSR count). The van der Waals surface area contributed by atoms with Gasteiger partial charge in [0.2, 0.25) is 0 Å². The van der Waals surface area contributed by atoms with Crippen LogP contribution in [0.25, 0.3) is 0 Å². The van der Waals surface area contributed by atoms with E-state index in [0.29, 0.717) is 6.61 Å². The second-order valence-electron chi connectivity index (χ2n) is 3.82. The van der Waals surface area contributed by atoms with Crippen LogP contribution in [0.4, 0.5) is 0 Å². The largest absolute Gasteiger partial charge is 0.494 e. The molecule has 0 atom stereocenters. The summed E-state index contributed by atoms with van der Waals surface area (Å²) in [5.74, 6) is 0.915. The van der Waals surface area contributed by atoms with Crippen molar-refractivity contribution in [3.8, 4) is 5.75 Å². The van der Waals surface area contributed by atoms with Gasteiger partial charge in [-0.2, -0.15) is 0 Å². The zero-order valence-electron chi connectivity index (χ0n) is 10.6. The van der Waals surface area contributed by atoms with Crippen LogP contribution in [0.3, 0.4) is 0 Å². The van der Waals surface area contributed by atoms with Crippen LogP contribution in [0.1, 0.15) is 18.9 Å². The summed E-state index contributed by atoms with van der Waals surface area (Å²) < 4.78 is 5.56. The Bertz CT molecular complexity index is 331. The average Bonchev–Trinajstić information content (AvgIpc) is 2.32. The molecule has 0 heterocycles. The van der Waals surface area contributed by atoms with Gasteiger partial charge in [0.1, 0.15) is 5.75 Å². The van der Waals surface area contributed by atoms with Crippen molar-refractivity contribution in [2.24, 2.45) is 0 Å². The van der Waals surface area contributed by atoms with Gasteiger partial charge in [-0.1, -0.05) is 11.6 Å². The number of hydrogen-bond donors (Lipinski definition) is 2. The third kappa shape index (κ3) is 5.39. The van der Waals surface area contributed by atoms with Gasteiger partial charge >= 0.3 is 0 Å². The minimum atomic E-state index is 0.675. The molecule has 0 fully saturated rings. The molecule has 0 spiro atoms. The van der Waals surface area contributed by atoms with E-state index in [-0.39, 0.29) is 0 Å². The molecule has 0 aliphatic heterocycles. The first-order valence-electron chi connectivity index (χ1n) is 6.04. The lowest BCUT2D eigenvalue weighted by Gasteiger charge is -2.11. The molecule has 0 aliphatic carbocycles. The smallest absolute Gasteiger partial charge is 0.123 e. The molecule has 2 N–H and O–H groups in total. The van der Waals surface area contributed by atoms with Crippen LogP contribution in [0.2, 0.25) is 5.02 Å². The summed E-state index contributed by atoms with van der Waals surface area (Å²) in [5.41, 5.74) is 1.11. The van der Waals surface area contributed by atoms with Gasteiger partial charge in [0.25, 0.3) is 0 Å². The van der Waals surface area contributed by atoms with Gasteiger partial charge in [-0.3, -0.25) is 0 Å². The lowest BCUT2D eigenvalue weighted by atomic mass is 10.2. The normalized spacial score (nSPS) is 10.5. The maximum Gasteiger partial charge on any atom is 0.123 e. The van der Waals surface area contributed by atoms with E-state index < -0.39 is 0 Å². The molecule has 1 aromatic carbocycles. The third-order valence-corrected chi connectivity index (χ3v) is 2.65. The maximum atomic E-state index is 5.99. The van der Waals surface area contributed by atoms with Gasteiger partial charge in [-0.25, -0.2) is 0 Å². The first-order valence-corrected chi connectivity index (χ1v) is 6.42. The van der Waals surface area contributed by atoms with Crippen LogP contribution in [-0.2, 0) is 6.54 Å². The molecule has 4 heteroatoms. The van der Waals surface area contributed by atoms with E-state index in [1.807, 2.05) is 32.2 Å². The molecular formula is C13H21ClN2O. The first kappa shape index (κ1) is 14.3. The second-order valence-corrected chi connectivity index (χ2v) is 4.26. The summed E-state index contributed by atoms with van der Waals surface area (Å²) >= 11 is 5.99. The fraction of sp³-hybridized carbons (Fsp3) is 0.538. The lowest BCUT2D eigenvalue weighted by molar-refractivity contribution is 0.335. The van der Waals surface area contributed by atoms with Gasteiger partial charge in [0, 0.05) is 17.1 Å². The molecular weight excluding hydrogens is 236 g/mol. The first-order chi connectivity index (χ1) is 8.27. The minimum absolute atomic E-state index is 0.675. The molecule has 0 amide bonds. The molecule has 0 radical (unpaired) electrons. The Morgan fingerprint density at radius 1 is 1.29 bits per heavy atom. The molecule has 0 bridgehead atoms. The van der Waals surface area contributed by atoms with E-state index in [0.717, 1.165) is 42.4 Å². The monoisotopic (exact) mass is 256 g/mol. The molecule has 96 valence electrons. The number of halogens is 1. The summed E-state index contributed by atoms with van der Waals surface area (Å²) in [6, 6.07) is 5.74. The van der Waals surface area contributed by atoms with E-state index in [4.69, 9.17) is 16.3 Å². The number of hydrogen-bond acceptors (Lipinski definition) is 3. The highest BCUT2D eigenvalue weighted by molar-refractivity contribution is 6.30. The topological polar surface area (TPSA) is 33.3 Å². The summed E-state index contributed by atoms with van der Waals surface area (Å²) in [5, 5.41) is 7.26. The number of nitrogens with one attached hydrogen (secondary N) is 2. The molecule has 0 saturated carbocycles. The lowest BCUT2D eigenvalue weighted by Crippen LogP contribution is -2.19. The summed E-state index contributed by atoms with van der Waals surface area (Å²) in [6.07, 6.45) is 1.11. The van der Waals surface area contributed by atoms with Gasteiger partial charge in [-0.05, 0) is 51.7 Å². The Morgan fingerprint density at radius 2 is 2.12 bits per heavy atom. The third-order valence-electron chi connectivity index (χ3n) is 2.42. The van der Waals surface area contributed by atoms with Crippen molar-refractivity contribution in [1.82, 2.24) is 10.6 Å². The van der Waals surface area contributed by atoms with Crippen LogP contribution in [0.15, 0.2) is 18.2 Å². The standard InChI is InChI=1S/C13H21ClN2O/c1-3-17-13-6-5-12(14)9-11(13)10-16-8-4-7-15-2/h5-6,9,15-16H,3-4,7-8,10H2,1-2H3. The predicted molar refractivity (Wildman–Crippen MR) is 72.9 cm³/mol. The van der Waals surface area contributed by atoms with Gasteiger partial charge < -0.3 is 15.4 Å². The van der Waals surface area contributed by atoms with Crippen LogP contribution in [-0.4, -0.2) is 26.7 Å². The SMILES string of the molecule is CCOc1ccc(Cl)cc1CNCCCNC. The molecule has 0 aliphatic rings. The molecule has 3 nitrogen and oxygen atoms in total. The predicted octanol–water partition coefficient (Wildman–Crippen LogP) is 2.44. The van der Waals surface area contributed by atoms with E-state index in [2.05, 4.69) is 10.6 Å². The Balaban J connectivity index is 2.47. The molecule has 0 aromatic heterocycles. The van der Waals surface area contributed by atoms with E-state index >= 15 is 0 Å². The molecule has 0 unspecified atom stereocenters. The van der Waals surface area contributed by atoms with Gasteiger partial charge in [0.15, 0.2) is 0 Å². The number of ether oxygens (including phenoxy) is 1. The zero-order chi connectivity index (χ0) is 12.5. The maximum absolute atomic E-state index is 5.99. The van der Waals surface area contributed by atoms with Crippen molar-refractivity contribution in [3.63, 3.8) is 0 Å². The average molecular weight is 257 g/mol. The zero-order valence-corrected chi connectivity index (χ0v) is 11.3. The highest BCUT2D eigenvalue weighted by Gasteiger charge is 2.03. The Kier molecular flexibility index (Phi) is 7.01. The molecule has 0 saturated heterocycles. The summed E-state index contributed by atoms with van der Waals surface area (Å²) in [6.45, 7) is 5.46. The fourth-order valence-electron chi connectivity index (χ4n) is 1.60. The van der Waals surface area contributed by atoms with Crippen LogP contribution in [0, 0.1) is 0 Å². The second kappa shape index (κ2) is 8.34. The minimum Gasteiger partial charge on any atom is -0.494 e. The molecule has 17 heavy (non-hydrogen) atoms. The number of rotatable bonds is 8. The van der Waals surface area contributed by atoms with E-state index in [9.17, 15) is 0 Å². The highest BCUT2D eigenvalue weighted by Crippen LogP contribution is 2.22. The van der Waals surface area contributed by atoms with Crippen molar-refractivity contribution in [2.45, 2.75) is 19.9 Å². The fourth-order valence-corrected chi connectivity index (χ4v) is 1.79. The Morgan fingerprint density at radius 3 is 2.82 bits per heavy atom. The van der Waals surface area contributed by atoms with Crippen molar-refractivity contribution in [1.29, 1.82) is 0 Å². The van der Waals surface area contributed by atoms with Gasteiger partial charge in [-0.15, -0.1) is 0 Å². The van der Waals surface area contributed by atoms with Crippen LogP contribution < -0.4 is 15.4 Å². The number of benzene rings is 1. The van der Waals surface area contributed by atoms with Crippen LogP contribution in [0.5, 0.6) is 5.75 Å². The summed E-state index contributed by atoms with van der Waals surface area (Å²) in [7, 11) is 1.96. The quantitative estimate of drug-likeness (QED) is 0.701. The van der Waals surface area contributed by atoms with Crippen molar-refractivity contribution < 1.29 is 4.74 Å². The van der Waals surface area contributed by atoms with Crippen molar-refractivity contribution in [2.75, 3.05) is 26.7 Å². The van der Waals surface area contributed by atoms with Crippen molar-refractivity contribution in [3.05, 3.63) is 28.8 Å². The summed E-state index contributed by atoms with van der Waals surface area (Å²) in [4.78, 5) is 0. The Labute approximate surface area is 109 Å². The highest BCUT2D eigenvalue weighted by atomic mass is 35.5. The Hall–Kier alpha value is -0.770. The molecule has 1 aromatic rings. The van der Waals surface area contributed by atoms with Crippen molar-refractivity contribution >= 4 is 11.6 Å². The van der Waals surface area contributed by atoms with Crippen LogP contribution >= 0.6 is 11.6 Å². The van der Waals surface area contributed by atoms with E-state index in [1.165, 1.54) is 0 Å². The van der Waals surface area contributed by atoms with E-state index in [1.54, 1.807) is 0 Å².